The number of thiophene rings is 1. The minimum atomic E-state index is -3.40. The smallest absolute Gasteiger partial charge is 0.250 e. The second-order valence-corrected chi connectivity index (χ2v) is 10.1. The van der Waals surface area contributed by atoms with E-state index in [-0.39, 0.29) is 6.04 Å². The van der Waals surface area contributed by atoms with Crippen molar-refractivity contribution in [2.75, 3.05) is 27.3 Å². The third kappa shape index (κ3) is 5.03. The van der Waals surface area contributed by atoms with Gasteiger partial charge in [-0.3, -0.25) is 4.90 Å². The van der Waals surface area contributed by atoms with Gasteiger partial charge in [-0.25, -0.2) is 13.1 Å². The molecule has 6 nitrogen and oxygen atoms in total. The molecule has 0 aliphatic carbocycles. The maximum Gasteiger partial charge on any atom is 0.250 e. The summed E-state index contributed by atoms with van der Waals surface area (Å²) < 4.78 is 39.6. The second kappa shape index (κ2) is 8.91. The minimum Gasteiger partial charge on any atom is -0.493 e. The van der Waals surface area contributed by atoms with Crippen LogP contribution in [0.2, 0.25) is 0 Å². The van der Waals surface area contributed by atoms with Gasteiger partial charge < -0.3 is 9.47 Å². The summed E-state index contributed by atoms with van der Waals surface area (Å²) in [5.41, 5.74) is 1.12. The molecule has 2 aromatic rings. The molecule has 1 aliphatic heterocycles. The van der Waals surface area contributed by atoms with Crippen molar-refractivity contribution < 1.29 is 17.9 Å². The van der Waals surface area contributed by atoms with Crippen molar-refractivity contribution in [1.29, 1.82) is 0 Å². The topological polar surface area (TPSA) is 67.9 Å². The van der Waals surface area contributed by atoms with E-state index in [1.807, 2.05) is 12.1 Å². The van der Waals surface area contributed by atoms with E-state index in [0.29, 0.717) is 15.7 Å². The first-order chi connectivity index (χ1) is 12.9. The molecular formula is C18H23BrN2O4S2. The molecule has 0 spiro atoms. The highest BCUT2D eigenvalue weighted by atomic mass is 79.9. The predicted molar refractivity (Wildman–Crippen MR) is 110 cm³/mol. The van der Waals surface area contributed by atoms with Gasteiger partial charge in [-0.1, -0.05) is 22.0 Å². The molecule has 148 valence electrons. The Kier molecular flexibility index (Phi) is 6.80. The van der Waals surface area contributed by atoms with E-state index in [0.717, 1.165) is 42.5 Å². The summed E-state index contributed by atoms with van der Waals surface area (Å²) >= 11 is 4.84. The minimum absolute atomic E-state index is 0.0257. The zero-order valence-electron chi connectivity index (χ0n) is 15.3. The molecule has 3 rings (SSSR count). The molecule has 27 heavy (non-hydrogen) atoms. The number of hydrogen-bond donors (Lipinski definition) is 1. The number of sulfonamides is 1. The monoisotopic (exact) mass is 474 g/mol. The van der Waals surface area contributed by atoms with Crippen molar-refractivity contribution >= 4 is 37.3 Å². The summed E-state index contributed by atoms with van der Waals surface area (Å²) in [5.74, 6) is 1.39. The fourth-order valence-electron chi connectivity index (χ4n) is 3.16. The number of halogens is 1. The summed E-state index contributed by atoms with van der Waals surface area (Å²) in [6.07, 6.45) is 1.57. The van der Waals surface area contributed by atoms with E-state index in [1.54, 1.807) is 31.7 Å². The summed E-state index contributed by atoms with van der Waals surface area (Å²) in [7, 11) is -0.162. The Bertz CT molecular complexity index is 864. The lowest BCUT2D eigenvalue weighted by molar-refractivity contribution is 0.199. The molecule has 1 aliphatic rings. The first-order valence-corrected chi connectivity index (χ1v) is 11.8. The van der Waals surface area contributed by atoms with Crippen molar-refractivity contribution in [3.63, 3.8) is 0 Å². The van der Waals surface area contributed by atoms with Crippen LogP contribution in [-0.4, -0.2) is 46.7 Å². The highest BCUT2D eigenvalue weighted by Gasteiger charge is 2.25. The highest BCUT2D eigenvalue weighted by molar-refractivity contribution is 9.10. The van der Waals surface area contributed by atoms with Gasteiger partial charge in [0.1, 0.15) is 4.21 Å². The fourth-order valence-corrected chi connectivity index (χ4v) is 5.92. The number of ether oxygens (including phenoxy) is 2. The van der Waals surface area contributed by atoms with Crippen LogP contribution in [0.1, 0.15) is 18.4 Å². The van der Waals surface area contributed by atoms with Crippen molar-refractivity contribution in [2.45, 2.75) is 29.6 Å². The van der Waals surface area contributed by atoms with Crippen molar-refractivity contribution in [3.8, 4) is 11.5 Å². The molecule has 0 saturated carbocycles. The van der Waals surface area contributed by atoms with E-state index in [9.17, 15) is 8.42 Å². The number of nitrogens with zero attached hydrogens (tertiary/aromatic N) is 1. The molecule has 0 unspecified atom stereocenters. The van der Waals surface area contributed by atoms with Gasteiger partial charge in [-0.15, -0.1) is 11.3 Å². The summed E-state index contributed by atoms with van der Waals surface area (Å²) in [4.78, 5) is 2.32. The van der Waals surface area contributed by atoms with Crippen LogP contribution >= 0.6 is 27.3 Å². The average molecular weight is 475 g/mol. The molecule has 1 fully saturated rings. The third-order valence-electron chi connectivity index (χ3n) is 4.62. The fraction of sp³-hybridized carbons (Fsp3) is 0.444. The van der Waals surface area contributed by atoms with Gasteiger partial charge in [0.2, 0.25) is 10.0 Å². The molecular weight excluding hydrogens is 452 g/mol. The summed E-state index contributed by atoms with van der Waals surface area (Å²) in [5, 5.41) is 1.78. The van der Waals surface area contributed by atoms with Crippen LogP contribution in [0.3, 0.4) is 0 Å². The standard InChI is InChI=1S/C18H23BrN2O4S2/c1-24-16-10-13(15(19)11-17(16)25-2)12-21-7-5-14(6-8-21)20-27(22,23)18-4-3-9-26-18/h3-4,9-11,14,20H,5-8,12H2,1-2H3. The average Bonchev–Trinajstić information content (AvgIpc) is 3.20. The predicted octanol–water partition coefficient (Wildman–Crippen LogP) is 3.47. The highest BCUT2D eigenvalue weighted by Crippen LogP contribution is 2.34. The molecule has 1 N–H and O–H groups in total. The molecule has 1 aromatic carbocycles. The number of hydrogen-bond acceptors (Lipinski definition) is 6. The Morgan fingerprint density at radius 2 is 1.89 bits per heavy atom. The Morgan fingerprint density at radius 3 is 2.48 bits per heavy atom. The third-order valence-corrected chi connectivity index (χ3v) is 8.27. The number of piperidine rings is 1. The van der Waals surface area contributed by atoms with Gasteiger partial charge in [-0.2, -0.15) is 0 Å². The van der Waals surface area contributed by atoms with E-state index in [2.05, 4.69) is 25.6 Å². The lowest BCUT2D eigenvalue weighted by Gasteiger charge is -2.32. The van der Waals surface area contributed by atoms with Crippen LogP contribution in [0.15, 0.2) is 38.3 Å². The van der Waals surface area contributed by atoms with Crippen LogP contribution in [0.25, 0.3) is 0 Å². The van der Waals surface area contributed by atoms with Crippen LogP contribution < -0.4 is 14.2 Å². The molecule has 0 atom stereocenters. The lowest BCUT2D eigenvalue weighted by atomic mass is 10.1. The molecule has 2 heterocycles. The number of nitrogens with one attached hydrogen (secondary N) is 1. The van der Waals surface area contributed by atoms with E-state index in [1.165, 1.54) is 11.3 Å². The molecule has 0 amide bonds. The Labute approximate surface area is 172 Å². The Balaban J connectivity index is 1.59. The molecule has 0 bridgehead atoms. The summed E-state index contributed by atoms with van der Waals surface area (Å²) in [6, 6.07) is 7.26. The molecule has 1 aromatic heterocycles. The van der Waals surface area contributed by atoms with E-state index in [4.69, 9.17) is 9.47 Å². The molecule has 1 saturated heterocycles. The Hall–Kier alpha value is -1.13. The largest absolute Gasteiger partial charge is 0.493 e. The van der Waals surface area contributed by atoms with Crippen molar-refractivity contribution in [2.24, 2.45) is 0 Å². The maximum atomic E-state index is 12.4. The zero-order chi connectivity index (χ0) is 19.4. The number of benzene rings is 1. The van der Waals surface area contributed by atoms with Crippen LogP contribution in [0, 0.1) is 0 Å². The van der Waals surface area contributed by atoms with Gasteiger partial charge >= 0.3 is 0 Å². The van der Waals surface area contributed by atoms with Gasteiger partial charge in [0.25, 0.3) is 0 Å². The van der Waals surface area contributed by atoms with Crippen LogP contribution in [0.4, 0.5) is 0 Å². The Morgan fingerprint density at radius 1 is 1.22 bits per heavy atom. The maximum absolute atomic E-state index is 12.4. The van der Waals surface area contributed by atoms with Crippen molar-refractivity contribution in [3.05, 3.63) is 39.7 Å². The van der Waals surface area contributed by atoms with Crippen LogP contribution in [-0.2, 0) is 16.6 Å². The van der Waals surface area contributed by atoms with Crippen LogP contribution in [0.5, 0.6) is 11.5 Å². The lowest BCUT2D eigenvalue weighted by Crippen LogP contribution is -2.44. The first-order valence-electron chi connectivity index (χ1n) is 8.61. The number of methoxy groups -OCH3 is 2. The zero-order valence-corrected chi connectivity index (χ0v) is 18.5. The number of likely N-dealkylation sites (tertiary alicyclic amines) is 1. The van der Waals surface area contributed by atoms with E-state index >= 15 is 0 Å². The van der Waals surface area contributed by atoms with Gasteiger partial charge in [0.15, 0.2) is 11.5 Å². The van der Waals surface area contributed by atoms with Gasteiger partial charge in [0, 0.05) is 30.1 Å². The first kappa shape index (κ1) is 20.6. The summed E-state index contributed by atoms with van der Waals surface area (Å²) in [6.45, 7) is 2.43. The second-order valence-electron chi connectivity index (χ2n) is 6.40. The number of rotatable bonds is 7. The SMILES string of the molecule is COc1cc(Br)c(CN2CCC(NS(=O)(=O)c3cccs3)CC2)cc1OC. The van der Waals surface area contributed by atoms with Gasteiger partial charge in [-0.05, 0) is 42.0 Å². The van der Waals surface area contributed by atoms with Crippen molar-refractivity contribution in [1.82, 2.24) is 9.62 Å². The van der Waals surface area contributed by atoms with E-state index < -0.39 is 10.0 Å². The normalized spacial score (nSPS) is 16.4. The van der Waals surface area contributed by atoms with Gasteiger partial charge in [0.05, 0.1) is 14.2 Å². The quantitative estimate of drug-likeness (QED) is 0.665. The molecule has 9 heteroatoms. The molecule has 0 radical (unpaired) electrons.